The Labute approximate surface area is 68.9 Å². The first-order chi connectivity index (χ1) is 5.22. The van der Waals surface area contributed by atoms with Gasteiger partial charge in [-0.2, -0.15) is 0 Å². The van der Waals surface area contributed by atoms with Gasteiger partial charge in [0.25, 0.3) is 0 Å². The van der Waals surface area contributed by atoms with Gasteiger partial charge in [-0.15, -0.1) is 0 Å². The molecule has 11 heavy (non-hydrogen) atoms. The molecule has 0 aromatic carbocycles. The van der Waals surface area contributed by atoms with E-state index in [2.05, 4.69) is 4.74 Å². The molecule has 1 saturated carbocycles. The second-order valence-electron chi connectivity index (χ2n) is 3.02. The van der Waals surface area contributed by atoms with Crippen molar-refractivity contribution in [3.8, 4) is 0 Å². The van der Waals surface area contributed by atoms with Crippen molar-refractivity contribution in [1.29, 1.82) is 0 Å². The van der Waals surface area contributed by atoms with Gasteiger partial charge >= 0.3 is 0 Å². The SMILES string of the molecule is CC1CCCCC1=O.COC. The lowest BCUT2D eigenvalue weighted by atomic mass is 9.90. The maximum Gasteiger partial charge on any atom is 0.135 e. The molecule has 1 unspecified atom stereocenters. The molecule has 1 atom stereocenters. The number of Topliss-reactive ketones (excluding diaryl/α,β-unsaturated/α-hetero) is 1. The van der Waals surface area contributed by atoms with Crippen LogP contribution in [0.15, 0.2) is 0 Å². The van der Waals surface area contributed by atoms with E-state index in [9.17, 15) is 4.79 Å². The van der Waals surface area contributed by atoms with Gasteiger partial charge < -0.3 is 4.74 Å². The molecule has 0 radical (unpaired) electrons. The summed E-state index contributed by atoms with van der Waals surface area (Å²) in [6.45, 7) is 2.03. The Balaban J connectivity index is 0.000000292. The van der Waals surface area contributed by atoms with E-state index in [0.29, 0.717) is 11.7 Å². The lowest BCUT2D eigenvalue weighted by Crippen LogP contribution is -2.14. The Morgan fingerprint density at radius 3 is 2.18 bits per heavy atom. The largest absolute Gasteiger partial charge is 0.388 e. The first-order valence-electron chi connectivity index (χ1n) is 4.15. The number of methoxy groups -OCH3 is 1. The first-order valence-corrected chi connectivity index (χ1v) is 4.15. The number of rotatable bonds is 0. The molecule has 0 N–H and O–H groups in total. The van der Waals surface area contributed by atoms with Crippen LogP contribution < -0.4 is 0 Å². The zero-order valence-electron chi connectivity index (χ0n) is 7.72. The molecule has 66 valence electrons. The van der Waals surface area contributed by atoms with Crippen LogP contribution in [0.4, 0.5) is 0 Å². The predicted molar refractivity (Wildman–Crippen MR) is 45.6 cm³/mol. The zero-order chi connectivity index (χ0) is 8.69. The predicted octanol–water partition coefficient (Wildman–Crippen LogP) is 2.03. The Hall–Kier alpha value is -0.370. The van der Waals surface area contributed by atoms with Crippen molar-refractivity contribution < 1.29 is 9.53 Å². The lowest BCUT2D eigenvalue weighted by Gasteiger charge is -2.14. The highest BCUT2D eigenvalue weighted by atomic mass is 16.4. The second kappa shape index (κ2) is 6.35. The number of ketones is 1. The number of hydrogen-bond acceptors (Lipinski definition) is 2. The summed E-state index contributed by atoms with van der Waals surface area (Å²) < 4.78 is 4.25. The van der Waals surface area contributed by atoms with E-state index in [-0.39, 0.29) is 0 Å². The Kier molecular flexibility index (Phi) is 6.13. The maximum atomic E-state index is 10.8. The van der Waals surface area contributed by atoms with Gasteiger partial charge in [-0.05, 0) is 12.8 Å². The summed E-state index contributed by atoms with van der Waals surface area (Å²) in [5.74, 6) is 0.833. The number of hydrogen-bond donors (Lipinski definition) is 0. The van der Waals surface area contributed by atoms with Crippen LogP contribution in [-0.2, 0) is 9.53 Å². The maximum absolute atomic E-state index is 10.8. The fraction of sp³-hybridized carbons (Fsp3) is 0.889. The summed E-state index contributed by atoms with van der Waals surface area (Å²) >= 11 is 0. The zero-order valence-corrected chi connectivity index (χ0v) is 7.72. The van der Waals surface area contributed by atoms with E-state index >= 15 is 0 Å². The van der Waals surface area contributed by atoms with Crippen LogP contribution in [0.25, 0.3) is 0 Å². The van der Waals surface area contributed by atoms with Crippen LogP contribution in [0.1, 0.15) is 32.6 Å². The van der Waals surface area contributed by atoms with Gasteiger partial charge in [-0.3, -0.25) is 4.79 Å². The molecule has 0 saturated heterocycles. The molecular weight excluding hydrogens is 140 g/mol. The van der Waals surface area contributed by atoms with Crippen molar-refractivity contribution in [3.63, 3.8) is 0 Å². The van der Waals surface area contributed by atoms with Gasteiger partial charge in [0, 0.05) is 26.6 Å². The van der Waals surface area contributed by atoms with Crippen molar-refractivity contribution in [2.75, 3.05) is 14.2 Å². The smallest absolute Gasteiger partial charge is 0.135 e. The quantitative estimate of drug-likeness (QED) is 0.539. The molecule has 1 fully saturated rings. The fourth-order valence-corrected chi connectivity index (χ4v) is 1.16. The van der Waals surface area contributed by atoms with Gasteiger partial charge in [0.2, 0.25) is 0 Å². The third-order valence-electron chi connectivity index (χ3n) is 1.86. The molecule has 2 heteroatoms. The van der Waals surface area contributed by atoms with E-state index in [0.717, 1.165) is 19.3 Å². The minimum Gasteiger partial charge on any atom is -0.388 e. The summed E-state index contributed by atoms with van der Waals surface area (Å²) in [5, 5.41) is 0. The standard InChI is InChI=1S/C7H12O.C2H6O/c1-6-4-2-3-5-7(6)8;1-3-2/h6H,2-5H2,1H3;1-2H3. The molecule has 1 rings (SSSR count). The third-order valence-corrected chi connectivity index (χ3v) is 1.86. The van der Waals surface area contributed by atoms with Gasteiger partial charge in [0.05, 0.1) is 0 Å². The highest BCUT2D eigenvalue weighted by molar-refractivity contribution is 5.81. The van der Waals surface area contributed by atoms with E-state index in [1.54, 1.807) is 14.2 Å². The van der Waals surface area contributed by atoms with Gasteiger partial charge in [-0.25, -0.2) is 0 Å². The first kappa shape index (κ1) is 10.6. The molecule has 1 aliphatic rings. The lowest BCUT2D eigenvalue weighted by molar-refractivity contribution is -0.123. The van der Waals surface area contributed by atoms with Crippen molar-refractivity contribution in [2.24, 2.45) is 5.92 Å². The van der Waals surface area contributed by atoms with Crippen LogP contribution in [0.2, 0.25) is 0 Å². The van der Waals surface area contributed by atoms with Crippen LogP contribution >= 0.6 is 0 Å². The summed E-state index contributed by atoms with van der Waals surface area (Å²) in [4.78, 5) is 10.8. The Morgan fingerprint density at radius 2 is 1.91 bits per heavy atom. The molecule has 1 aliphatic carbocycles. The average Bonchev–Trinajstić information content (AvgIpc) is 1.97. The summed E-state index contributed by atoms with van der Waals surface area (Å²) in [5.41, 5.74) is 0. The number of carbonyl (C=O) groups is 1. The monoisotopic (exact) mass is 158 g/mol. The average molecular weight is 158 g/mol. The van der Waals surface area contributed by atoms with E-state index in [1.165, 1.54) is 6.42 Å². The van der Waals surface area contributed by atoms with E-state index < -0.39 is 0 Å². The van der Waals surface area contributed by atoms with Crippen LogP contribution in [0.5, 0.6) is 0 Å². The summed E-state index contributed by atoms with van der Waals surface area (Å²) in [6.07, 6.45) is 4.34. The van der Waals surface area contributed by atoms with Crippen LogP contribution in [-0.4, -0.2) is 20.0 Å². The third kappa shape index (κ3) is 4.96. The highest BCUT2D eigenvalue weighted by Crippen LogP contribution is 2.18. The van der Waals surface area contributed by atoms with E-state index in [4.69, 9.17) is 0 Å². The second-order valence-corrected chi connectivity index (χ2v) is 3.02. The molecule has 0 heterocycles. The van der Waals surface area contributed by atoms with Gasteiger partial charge in [0.15, 0.2) is 0 Å². The minimum absolute atomic E-state index is 0.365. The van der Waals surface area contributed by atoms with Crippen molar-refractivity contribution >= 4 is 5.78 Å². The van der Waals surface area contributed by atoms with Crippen molar-refractivity contribution in [2.45, 2.75) is 32.6 Å². The summed E-state index contributed by atoms with van der Waals surface area (Å²) in [6, 6.07) is 0. The normalized spacial score (nSPS) is 23.9. The van der Waals surface area contributed by atoms with Gasteiger partial charge in [-0.1, -0.05) is 13.3 Å². The molecule has 0 bridgehead atoms. The Morgan fingerprint density at radius 1 is 1.36 bits per heavy atom. The van der Waals surface area contributed by atoms with Crippen molar-refractivity contribution in [1.82, 2.24) is 0 Å². The Bertz CT molecular complexity index is 110. The molecule has 0 amide bonds. The molecule has 0 aliphatic heterocycles. The van der Waals surface area contributed by atoms with Crippen LogP contribution in [0, 0.1) is 5.92 Å². The summed E-state index contributed by atoms with van der Waals surface area (Å²) in [7, 11) is 3.25. The number of ether oxygens (including phenoxy) is 1. The molecule has 0 spiro atoms. The topological polar surface area (TPSA) is 26.3 Å². The molecular formula is C9H18O2. The molecule has 0 aromatic rings. The van der Waals surface area contributed by atoms with Crippen LogP contribution in [0.3, 0.4) is 0 Å². The molecule has 2 nitrogen and oxygen atoms in total. The fourth-order valence-electron chi connectivity index (χ4n) is 1.16. The molecule has 0 aromatic heterocycles. The van der Waals surface area contributed by atoms with Gasteiger partial charge in [0.1, 0.15) is 5.78 Å². The number of carbonyl (C=O) groups excluding carboxylic acids is 1. The van der Waals surface area contributed by atoms with E-state index in [1.807, 2.05) is 6.92 Å². The van der Waals surface area contributed by atoms with Crippen molar-refractivity contribution in [3.05, 3.63) is 0 Å². The highest BCUT2D eigenvalue weighted by Gasteiger charge is 2.16. The minimum atomic E-state index is 0.365.